The molecule has 3 aromatic carbocycles. The summed E-state index contributed by atoms with van der Waals surface area (Å²) in [4.78, 5) is 34.4. The molecule has 0 bridgehead atoms. The van der Waals surface area contributed by atoms with Crippen LogP contribution in [0.4, 0.5) is 11.4 Å². The number of fused-ring (bicyclic) bond motifs is 1. The van der Waals surface area contributed by atoms with Gasteiger partial charge < -0.3 is 15.1 Å². The Bertz CT molecular complexity index is 1610. The number of allylic oxidation sites excluding steroid dienone is 1. The van der Waals surface area contributed by atoms with Crippen molar-refractivity contribution in [1.29, 1.82) is 0 Å². The molecule has 1 fully saturated rings. The molecule has 1 unspecified atom stereocenters. The van der Waals surface area contributed by atoms with Gasteiger partial charge in [0.05, 0.1) is 24.0 Å². The van der Waals surface area contributed by atoms with Gasteiger partial charge in [0.2, 0.25) is 5.91 Å². The van der Waals surface area contributed by atoms with E-state index in [0.717, 1.165) is 42.3 Å². The second-order valence-electron chi connectivity index (χ2n) is 12.7. The first-order chi connectivity index (χ1) is 21.2. The Labute approximate surface area is 269 Å². The summed E-state index contributed by atoms with van der Waals surface area (Å²) in [6.45, 7) is 8.11. The molecule has 2 aliphatic heterocycles. The van der Waals surface area contributed by atoms with E-state index in [1.165, 1.54) is 5.56 Å². The molecule has 1 saturated heterocycles. The van der Waals surface area contributed by atoms with E-state index in [1.54, 1.807) is 12.1 Å². The molecule has 1 amide bonds. The zero-order valence-corrected chi connectivity index (χ0v) is 26.7. The van der Waals surface area contributed by atoms with Crippen LogP contribution in [0.15, 0.2) is 90.1 Å². The Morgan fingerprint density at radius 1 is 0.955 bits per heavy atom. The molecule has 0 aromatic heterocycles. The lowest BCUT2D eigenvalue weighted by molar-refractivity contribution is -0.131. The number of carbonyl (C=O) groups excluding carboxylic acids is 2. The molecule has 1 aliphatic carbocycles. The van der Waals surface area contributed by atoms with E-state index in [9.17, 15) is 9.59 Å². The Hall–Kier alpha value is -3.58. The number of hydrogen-bond donors (Lipinski definition) is 1. The standard InChI is InChI=1S/C36H38Cl2N4O2/c1-36(2)22-30-34(32(43)23-36)35(27-15-14-26(37)21-28(27)38)42(31-13-7-6-12-29(31)39-30)24-33(44)41-19-17-40(18-20-41)16-8-11-25-9-4-3-5-10-25/h3-15,21,35,39H,16-20,22-24H2,1-2H3/b11-8+. The number of benzene rings is 3. The van der Waals surface area contributed by atoms with Gasteiger partial charge in [0.1, 0.15) is 0 Å². The van der Waals surface area contributed by atoms with Crippen LogP contribution in [-0.2, 0) is 9.59 Å². The summed E-state index contributed by atoms with van der Waals surface area (Å²) >= 11 is 13.2. The number of hydrogen-bond acceptors (Lipinski definition) is 5. The first-order valence-electron chi connectivity index (χ1n) is 15.2. The van der Waals surface area contributed by atoms with E-state index in [2.05, 4.69) is 53.2 Å². The number of rotatable bonds is 6. The van der Waals surface area contributed by atoms with Crippen LogP contribution < -0.4 is 10.2 Å². The fraction of sp³-hybridized carbons (Fsp3) is 0.333. The molecule has 3 aliphatic rings. The van der Waals surface area contributed by atoms with Crippen LogP contribution in [0.25, 0.3) is 6.08 Å². The predicted molar refractivity (Wildman–Crippen MR) is 180 cm³/mol. The first kappa shape index (κ1) is 30.4. The molecule has 6 nitrogen and oxygen atoms in total. The number of nitrogens with one attached hydrogen (secondary N) is 1. The van der Waals surface area contributed by atoms with E-state index in [1.807, 2.05) is 53.4 Å². The van der Waals surface area contributed by atoms with Crippen molar-refractivity contribution in [3.05, 3.63) is 111 Å². The van der Waals surface area contributed by atoms with Gasteiger partial charge in [0.25, 0.3) is 0 Å². The Morgan fingerprint density at radius 3 is 2.43 bits per heavy atom. The second-order valence-corrected chi connectivity index (χ2v) is 13.5. The van der Waals surface area contributed by atoms with E-state index in [0.29, 0.717) is 41.5 Å². The van der Waals surface area contributed by atoms with Crippen molar-refractivity contribution >= 4 is 52.3 Å². The van der Waals surface area contributed by atoms with Crippen LogP contribution in [0.2, 0.25) is 10.0 Å². The SMILES string of the molecule is CC1(C)CC(=O)C2=C(C1)Nc1ccccc1N(CC(=O)N1CCN(C/C=C/c3ccccc3)CC1)C2c1ccc(Cl)cc1Cl. The molecule has 0 radical (unpaired) electrons. The minimum absolute atomic E-state index is 0.0296. The van der Waals surface area contributed by atoms with Crippen molar-refractivity contribution in [2.75, 3.05) is 49.5 Å². The number of ketones is 1. The minimum Gasteiger partial charge on any atom is -0.357 e. The maximum absolute atomic E-state index is 14.0. The fourth-order valence-corrected chi connectivity index (χ4v) is 7.11. The van der Waals surface area contributed by atoms with E-state index >= 15 is 0 Å². The van der Waals surface area contributed by atoms with Gasteiger partial charge in [-0.2, -0.15) is 0 Å². The average Bonchev–Trinajstić information content (AvgIpc) is 3.12. The van der Waals surface area contributed by atoms with E-state index < -0.39 is 6.04 Å². The van der Waals surface area contributed by atoms with Crippen LogP contribution in [0.1, 0.15) is 43.9 Å². The number of para-hydroxylation sites is 2. The maximum atomic E-state index is 14.0. The van der Waals surface area contributed by atoms with E-state index in [4.69, 9.17) is 23.2 Å². The topological polar surface area (TPSA) is 55.9 Å². The molecule has 3 aromatic rings. The normalized spacial score (nSPS) is 20.3. The first-order valence-corrected chi connectivity index (χ1v) is 16.0. The summed E-state index contributed by atoms with van der Waals surface area (Å²) in [5.74, 6) is 0.101. The van der Waals surface area contributed by atoms with Crippen molar-refractivity contribution in [1.82, 2.24) is 9.80 Å². The summed E-state index contributed by atoms with van der Waals surface area (Å²) in [5, 5.41) is 4.60. The highest BCUT2D eigenvalue weighted by atomic mass is 35.5. The van der Waals surface area contributed by atoms with Crippen molar-refractivity contribution in [3.63, 3.8) is 0 Å². The number of halogens is 2. The number of amides is 1. The lowest BCUT2D eigenvalue weighted by atomic mass is 9.73. The van der Waals surface area contributed by atoms with Crippen LogP contribution >= 0.6 is 23.2 Å². The van der Waals surface area contributed by atoms with Crippen LogP contribution in [-0.4, -0.2) is 60.8 Å². The van der Waals surface area contributed by atoms with Crippen molar-refractivity contribution in [2.45, 2.75) is 32.7 Å². The Kier molecular flexibility index (Phi) is 8.86. The molecule has 6 rings (SSSR count). The molecule has 1 N–H and O–H groups in total. The molecule has 0 saturated carbocycles. The van der Waals surface area contributed by atoms with Gasteiger partial charge in [-0.15, -0.1) is 0 Å². The molecule has 44 heavy (non-hydrogen) atoms. The summed E-state index contributed by atoms with van der Waals surface area (Å²) < 4.78 is 0. The third-order valence-corrected chi connectivity index (χ3v) is 9.33. The fourth-order valence-electron chi connectivity index (χ4n) is 6.60. The summed E-state index contributed by atoms with van der Waals surface area (Å²) in [6.07, 6.45) is 5.46. The van der Waals surface area contributed by atoms with Gasteiger partial charge in [-0.05, 0) is 47.2 Å². The molecule has 8 heteroatoms. The van der Waals surface area contributed by atoms with E-state index in [-0.39, 0.29) is 23.7 Å². The zero-order valence-electron chi connectivity index (χ0n) is 25.2. The van der Waals surface area contributed by atoms with Gasteiger partial charge in [-0.1, -0.05) is 97.7 Å². The quantitative estimate of drug-likeness (QED) is 0.307. The number of anilines is 2. The Morgan fingerprint density at radius 2 is 1.68 bits per heavy atom. The predicted octanol–water partition coefficient (Wildman–Crippen LogP) is 7.47. The van der Waals surface area contributed by atoms with Crippen molar-refractivity contribution in [3.8, 4) is 0 Å². The maximum Gasteiger partial charge on any atom is 0.242 e. The number of carbonyl (C=O) groups is 2. The van der Waals surface area contributed by atoms with Crippen molar-refractivity contribution in [2.24, 2.45) is 5.41 Å². The highest BCUT2D eigenvalue weighted by Gasteiger charge is 2.43. The molecular weight excluding hydrogens is 591 g/mol. The van der Waals surface area contributed by atoms with Gasteiger partial charge >= 0.3 is 0 Å². The highest BCUT2D eigenvalue weighted by Crippen LogP contribution is 2.49. The van der Waals surface area contributed by atoms with Gasteiger partial charge in [0, 0.05) is 60.5 Å². The lowest BCUT2D eigenvalue weighted by Gasteiger charge is -2.40. The number of nitrogens with zero attached hydrogens (tertiary/aromatic N) is 3. The Balaban J connectivity index is 1.28. The average molecular weight is 630 g/mol. The van der Waals surface area contributed by atoms with Crippen LogP contribution in [0, 0.1) is 5.41 Å². The third kappa shape index (κ3) is 6.58. The third-order valence-electron chi connectivity index (χ3n) is 8.77. The van der Waals surface area contributed by atoms with Gasteiger partial charge in [0.15, 0.2) is 5.78 Å². The summed E-state index contributed by atoms with van der Waals surface area (Å²) in [7, 11) is 0. The lowest BCUT2D eigenvalue weighted by Crippen LogP contribution is -2.51. The van der Waals surface area contributed by atoms with Gasteiger partial charge in [-0.25, -0.2) is 0 Å². The molecular formula is C36H38Cl2N4O2. The molecule has 228 valence electrons. The number of piperazine rings is 1. The monoisotopic (exact) mass is 628 g/mol. The largest absolute Gasteiger partial charge is 0.357 e. The van der Waals surface area contributed by atoms with Gasteiger partial charge in [-0.3, -0.25) is 14.5 Å². The number of Topliss-reactive ketones (excluding diaryl/α,β-unsaturated/α-hetero) is 1. The van der Waals surface area contributed by atoms with Crippen LogP contribution in [0.5, 0.6) is 0 Å². The molecule has 0 spiro atoms. The summed E-state index contributed by atoms with van der Waals surface area (Å²) in [5.41, 5.74) is 5.06. The molecule has 2 heterocycles. The molecule has 1 atom stereocenters. The zero-order chi connectivity index (χ0) is 30.8. The van der Waals surface area contributed by atoms with Crippen molar-refractivity contribution < 1.29 is 9.59 Å². The van der Waals surface area contributed by atoms with Crippen LogP contribution in [0.3, 0.4) is 0 Å². The summed E-state index contributed by atoms with van der Waals surface area (Å²) in [6, 6.07) is 23.1. The second kappa shape index (κ2) is 12.8. The highest BCUT2D eigenvalue weighted by molar-refractivity contribution is 6.35. The minimum atomic E-state index is -0.539. The smallest absolute Gasteiger partial charge is 0.242 e.